The minimum atomic E-state index is -0.232. The van der Waals surface area contributed by atoms with E-state index in [0.29, 0.717) is 5.92 Å². The van der Waals surface area contributed by atoms with Gasteiger partial charge >= 0.3 is 0 Å². The van der Waals surface area contributed by atoms with Crippen LogP contribution in [0.3, 0.4) is 0 Å². The van der Waals surface area contributed by atoms with Crippen LogP contribution in [-0.4, -0.2) is 10.7 Å². The fourth-order valence-electron chi connectivity index (χ4n) is 3.61. The molecule has 1 nitrogen and oxygen atoms in total. The zero-order valence-electron chi connectivity index (χ0n) is 9.04. The van der Waals surface area contributed by atoms with Crippen LogP contribution in [0.4, 0.5) is 0 Å². The van der Waals surface area contributed by atoms with E-state index in [2.05, 4.69) is 0 Å². The van der Waals surface area contributed by atoms with Gasteiger partial charge in [0.1, 0.15) is 0 Å². The van der Waals surface area contributed by atoms with E-state index in [9.17, 15) is 5.11 Å². The summed E-state index contributed by atoms with van der Waals surface area (Å²) in [5, 5.41) is 10.6. The van der Waals surface area contributed by atoms with Gasteiger partial charge in [0, 0.05) is 0 Å². The SMILES string of the molecule is OC1(C2CCC2)CCCC(C2CC2)C1. The van der Waals surface area contributed by atoms with Crippen molar-refractivity contribution in [2.45, 2.75) is 63.4 Å². The van der Waals surface area contributed by atoms with Crippen molar-refractivity contribution < 1.29 is 5.11 Å². The van der Waals surface area contributed by atoms with Gasteiger partial charge in [-0.3, -0.25) is 0 Å². The maximum absolute atomic E-state index is 10.6. The van der Waals surface area contributed by atoms with E-state index in [0.717, 1.165) is 24.7 Å². The fourth-order valence-corrected chi connectivity index (χ4v) is 3.61. The summed E-state index contributed by atoms with van der Waals surface area (Å²) in [6.07, 6.45) is 11.8. The molecule has 0 radical (unpaired) electrons. The summed E-state index contributed by atoms with van der Waals surface area (Å²) in [6, 6.07) is 0. The van der Waals surface area contributed by atoms with Crippen LogP contribution in [0.2, 0.25) is 0 Å². The molecule has 0 amide bonds. The minimum absolute atomic E-state index is 0.232. The molecule has 3 fully saturated rings. The van der Waals surface area contributed by atoms with Crippen molar-refractivity contribution in [1.82, 2.24) is 0 Å². The van der Waals surface area contributed by atoms with Crippen LogP contribution >= 0.6 is 0 Å². The third-order valence-corrected chi connectivity index (χ3v) is 4.95. The Morgan fingerprint density at radius 1 is 0.857 bits per heavy atom. The van der Waals surface area contributed by atoms with Crippen LogP contribution in [0, 0.1) is 17.8 Å². The van der Waals surface area contributed by atoms with E-state index in [-0.39, 0.29) is 5.60 Å². The predicted octanol–water partition coefficient (Wildman–Crippen LogP) is 3.12. The van der Waals surface area contributed by atoms with Gasteiger partial charge in [-0.15, -0.1) is 0 Å². The van der Waals surface area contributed by atoms with Crippen LogP contribution in [0.15, 0.2) is 0 Å². The summed E-state index contributed by atoms with van der Waals surface area (Å²) in [6.45, 7) is 0. The molecule has 3 saturated carbocycles. The van der Waals surface area contributed by atoms with E-state index in [1.165, 1.54) is 44.9 Å². The summed E-state index contributed by atoms with van der Waals surface area (Å²) in [7, 11) is 0. The first-order valence-electron chi connectivity index (χ1n) is 6.50. The molecule has 1 N–H and O–H groups in total. The average molecular weight is 194 g/mol. The average Bonchev–Trinajstić information content (AvgIpc) is 2.81. The normalized spacial score (nSPS) is 44.8. The van der Waals surface area contributed by atoms with Gasteiger partial charge in [-0.1, -0.05) is 12.8 Å². The summed E-state index contributed by atoms with van der Waals surface area (Å²) in [5.74, 6) is 2.56. The molecule has 3 rings (SSSR count). The molecule has 0 aromatic heterocycles. The lowest BCUT2D eigenvalue weighted by Crippen LogP contribution is -2.45. The lowest BCUT2D eigenvalue weighted by atomic mass is 9.64. The monoisotopic (exact) mass is 194 g/mol. The molecule has 0 heterocycles. The summed E-state index contributed by atoms with van der Waals surface area (Å²) in [5.41, 5.74) is -0.232. The van der Waals surface area contributed by atoms with Crippen LogP contribution in [0.1, 0.15) is 57.8 Å². The molecule has 0 aromatic rings. The first kappa shape index (κ1) is 9.21. The quantitative estimate of drug-likeness (QED) is 0.716. The van der Waals surface area contributed by atoms with Gasteiger partial charge < -0.3 is 5.11 Å². The standard InChI is InChI=1S/C13H22O/c14-13(12-4-1-5-12)8-2-3-11(9-13)10-6-7-10/h10-12,14H,1-9H2. The minimum Gasteiger partial charge on any atom is -0.390 e. The Bertz CT molecular complexity index is 217. The molecule has 80 valence electrons. The molecule has 2 unspecified atom stereocenters. The van der Waals surface area contributed by atoms with E-state index >= 15 is 0 Å². The first-order chi connectivity index (χ1) is 6.78. The number of rotatable bonds is 2. The van der Waals surface area contributed by atoms with Crippen LogP contribution in [0.25, 0.3) is 0 Å². The van der Waals surface area contributed by atoms with E-state index in [1.54, 1.807) is 0 Å². The van der Waals surface area contributed by atoms with Gasteiger partial charge in [-0.25, -0.2) is 0 Å². The van der Waals surface area contributed by atoms with Crippen molar-refractivity contribution in [2.24, 2.45) is 17.8 Å². The zero-order valence-corrected chi connectivity index (χ0v) is 9.04. The molecule has 2 atom stereocenters. The maximum atomic E-state index is 10.6. The van der Waals surface area contributed by atoms with Crippen molar-refractivity contribution in [1.29, 1.82) is 0 Å². The Balaban J connectivity index is 1.66. The number of aliphatic hydroxyl groups is 1. The molecule has 0 spiro atoms. The molecule has 1 heteroatoms. The zero-order chi connectivity index (χ0) is 9.60. The summed E-state index contributed by atoms with van der Waals surface area (Å²) in [4.78, 5) is 0. The third-order valence-electron chi connectivity index (χ3n) is 4.95. The molecule has 14 heavy (non-hydrogen) atoms. The fraction of sp³-hybridized carbons (Fsp3) is 1.00. The lowest BCUT2D eigenvalue weighted by molar-refractivity contribution is -0.0926. The highest BCUT2D eigenvalue weighted by molar-refractivity contribution is 4.98. The topological polar surface area (TPSA) is 20.2 Å². The van der Waals surface area contributed by atoms with E-state index < -0.39 is 0 Å². The number of hydrogen-bond donors (Lipinski definition) is 1. The van der Waals surface area contributed by atoms with Gasteiger partial charge in [0.15, 0.2) is 0 Å². The highest BCUT2D eigenvalue weighted by Gasteiger charge is 2.46. The van der Waals surface area contributed by atoms with Gasteiger partial charge in [0.05, 0.1) is 5.60 Å². The highest BCUT2D eigenvalue weighted by atomic mass is 16.3. The van der Waals surface area contributed by atoms with Gasteiger partial charge in [-0.2, -0.15) is 0 Å². The van der Waals surface area contributed by atoms with Crippen LogP contribution < -0.4 is 0 Å². The van der Waals surface area contributed by atoms with Gasteiger partial charge in [0.25, 0.3) is 0 Å². The van der Waals surface area contributed by atoms with Crippen molar-refractivity contribution >= 4 is 0 Å². The highest BCUT2D eigenvalue weighted by Crippen LogP contribution is 2.51. The Kier molecular flexibility index (Phi) is 2.12. The smallest absolute Gasteiger partial charge is 0.0678 e. The second-order valence-electron chi connectivity index (χ2n) is 5.93. The Morgan fingerprint density at radius 2 is 1.64 bits per heavy atom. The largest absolute Gasteiger partial charge is 0.390 e. The van der Waals surface area contributed by atoms with Crippen molar-refractivity contribution in [3.63, 3.8) is 0 Å². The van der Waals surface area contributed by atoms with Crippen molar-refractivity contribution in [3.8, 4) is 0 Å². The Morgan fingerprint density at radius 3 is 2.21 bits per heavy atom. The van der Waals surface area contributed by atoms with Crippen molar-refractivity contribution in [2.75, 3.05) is 0 Å². The second kappa shape index (κ2) is 3.23. The molecule has 0 saturated heterocycles. The van der Waals surface area contributed by atoms with Gasteiger partial charge in [0.2, 0.25) is 0 Å². The molecular weight excluding hydrogens is 172 g/mol. The lowest BCUT2D eigenvalue weighted by Gasteiger charge is -2.46. The van der Waals surface area contributed by atoms with Crippen LogP contribution in [-0.2, 0) is 0 Å². The Labute approximate surface area is 86.9 Å². The molecule has 0 aromatic carbocycles. The second-order valence-corrected chi connectivity index (χ2v) is 5.93. The maximum Gasteiger partial charge on any atom is 0.0678 e. The van der Waals surface area contributed by atoms with E-state index in [4.69, 9.17) is 0 Å². The van der Waals surface area contributed by atoms with Crippen LogP contribution in [0.5, 0.6) is 0 Å². The summed E-state index contributed by atoms with van der Waals surface area (Å²) < 4.78 is 0. The molecule has 0 bridgehead atoms. The van der Waals surface area contributed by atoms with E-state index in [1.807, 2.05) is 0 Å². The van der Waals surface area contributed by atoms with Crippen molar-refractivity contribution in [3.05, 3.63) is 0 Å². The molecular formula is C13H22O. The molecule has 0 aliphatic heterocycles. The number of hydrogen-bond acceptors (Lipinski definition) is 1. The first-order valence-corrected chi connectivity index (χ1v) is 6.50. The summed E-state index contributed by atoms with van der Waals surface area (Å²) >= 11 is 0. The van der Waals surface area contributed by atoms with Gasteiger partial charge in [-0.05, 0) is 62.7 Å². The third kappa shape index (κ3) is 1.50. The molecule has 3 aliphatic rings. The predicted molar refractivity (Wildman–Crippen MR) is 57.0 cm³/mol. The Hall–Kier alpha value is -0.0400. The molecule has 3 aliphatic carbocycles.